The van der Waals surface area contributed by atoms with Gasteiger partial charge < -0.3 is 0 Å². The molecular weight excluding hydrogens is 208 g/mol. The van der Waals surface area contributed by atoms with Gasteiger partial charge in [-0.05, 0) is 0 Å². The fourth-order valence-electron chi connectivity index (χ4n) is 0.368. The summed E-state index contributed by atoms with van der Waals surface area (Å²) >= 11 is 0.549. The first-order valence-electron chi connectivity index (χ1n) is 2.65. The van der Waals surface area contributed by atoms with Crippen LogP contribution in [0.15, 0.2) is 0 Å². The second-order valence-electron chi connectivity index (χ2n) is 1.73. The third kappa shape index (κ3) is 7.06. The normalized spacial score (nSPS) is 11.8. The van der Waals surface area contributed by atoms with E-state index < -0.39 is 12.0 Å². The Morgan fingerprint density at radius 2 is 2.30 bits per heavy atom. The Balaban J connectivity index is 0. The zero-order valence-electron chi connectivity index (χ0n) is 5.33. The fourth-order valence-corrected chi connectivity index (χ4v) is 1.40. The van der Waals surface area contributed by atoms with Crippen molar-refractivity contribution < 1.29 is 9.90 Å². The SMILES string of the molecule is C[Se]CC[C@H](N)C(=O)O.[NaH]. The van der Waals surface area contributed by atoms with Gasteiger partial charge in [0, 0.05) is 0 Å². The van der Waals surface area contributed by atoms with Crippen molar-refractivity contribution in [3.8, 4) is 0 Å². The molecule has 0 aliphatic rings. The molecule has 0 aromatic rings. The first kappa shape index (κ1) is 13.5. The van der Waals surface area contributed by atoms with Gasteiger partial charge in [-0.25, -0.2) is 0 Å². The molecule has 0 saturated heterocycles. The molecule has 0 spiro atoms. The van der Waals surface area contributed by atoms with Crippen LogP contribution in [-0.4, -0.2) is 61.6 Å². The van der Waals surface area contributed by atoms with Crippen LogP contribution in [0.5, 0.6) is 0 Å². The molecule has 0 aliphatic heterocycles. The summed E-state index contributed by atoms with van der Waals surface area (Å²) in [5.74, 6) is 1.18. The summed E-state index contributed by atoms with van der Waals surface area (Å²) in [7, 11) is 0. The van der Waals surface area contributed by atoms with Gasteiger partial charge in [-0.2, -0.15) is 0 Å². The molecule has 1 atom stereocenters. The van der Waals surface area contributed by atoms with Gasteiger partial charge in [0.1, 0.15) is 0 Å². The van der Waals surface area contributed by atoms with Gasteiger partial charge >= 0.3 is 89.7 Å². The molecule has 0 aromatic carbocycles. The molecule has 0 aromatic heterocycles. The Morgan fingerprint density at radius 3 is 2.60 bits per heavy atom. The Morgan fingerprint density at radius 1 is 1.80 bits per heavy atom. The quantitative estimate of drug-likeness (QED) is 0.616. The average Bonchev–Trinajstić information content (AvgIpc) is 1.82. The van der Waals surface area contributed by atoms with Gasteiger partial charge in [-0.3, -0.25) is 0 Å². The van der Waals surface area contributed by atoms with E-state index in [1.165, 1.54) is 0 Å². The summed E-state index contributed by atoms with van der Waals surface area (Å²) in [6, 6.07) is -0.646. The third-order valence-electron chi connectivity index (χ3n) is 0.950. The minimum atomic E-state index is -0.890. The number of hydrogen-bond acceptors (Lipinski definition) is 2. The first-order valence-corrected chi connectivity index (χ1v) is 5.58. The van der Waals surface area contributed by atoms with E-state index in [1.807, 2.05) is 0 Å². The van der Waals surface area contributed by atoms with Crippen molar-refractivity contribution >= 4 is 50.5 Å². The van der Waals surface area contributed by atoms with E-state index in [9.17, 15) is 4.79 Å². The van der Waals surface area contributed by atoms with Crippen LogP contribution in [0.3, 0.4) is 0 Å². The maximum absolute atomic E-state index is 10.1. The van der Waals surface area contributed by atoms with Crippen molar-refractivity contribution in [2.24, 2.45) is 5.73 Å². The van der Waals surface area contributed by atoms with Gasteiger partial charge in [0.2, 0.25) is 0 Å². The first-order chi connectivity index (χ1) is 4.18. The van der Waals surface area contributed by atoms with E-state index in [1.54, 1.807) is 0 Å². The molecule has 0 unspecified atom stereocenters. The molecule has 0 saturated carbocycles. The van der Waals surface area contributed by atoms with E-state index in [0.29, 0.717) is 21.4 Å². The average molecular weight is 220 g/mol. The van der Waals surface area contributed by atoms with E-state index in [4.69, 9.17) is 10.8 Å². The zero-order valence-corrected chi connectivity index (χ0v) is 7.05. The van der Waals surface area contributed by atoms with Gasteiger partial charge in [-0.1, -0.05) is 0 Å². The van der Waals surface area contributed by atoms with Crippen molar-refractivity contribution in [3.05, 3.63) is 0 Å². The molecular formula is C5H12NNaO2Se. The van der Waals surface area contributed by atoms with Crippen molar-refractivity contribution in [2.45, 2.75) is 23.6 Å². The van der Waals surface area contributed by atoms with Crippen molar-refractivity contribution in [1.29, 1.82) is 0 Å². The predicted molar refractivity (Wildman–Crippen MR) is 43.8 cm³/mol. The molecule has 0 rings (SSSR count). The second kappa shape index (κ2) is 8.05. The molecule has 56 valence electrons. The molecule has 3 N–H and O–H groups in total. The summed E-state index contributed by atoms with van der Waals surface area (Å²) < 4.78 is 0. The van der Waals surface area contributed by atoms with Crippen LogP contribution in [0.4, 0.5) is 0 Å². The van der Waals surface area contributed by atoms with E-state index in [-0.39, 0.29) is 29.6 Å². The number of nitrogens with two attached hydrogens (primary N) is 1. The number of carboxylic acids is 1. The van der Waals surface area contributed by atoms with E-state index >= 15 is 0 Å². The maximum atomic E-state index is 10.1. The van der Waals surface area contributed by atoms with E-state index in [2.05, 4.69) is 5.82 Å². The Bertz CT molecular complexity index is 102. The molecule has 0 amide bonds. The van der Waals surface area contributed by atoms with Gasteiger partial charge in [0.15, 0.2) is 0 Å². The number of rotatable bonds is 4. The molecule has 0 aliphatic carbocycles. The van der Waals surface area contributed by atoms with Gasteiger partial charge in [-0.15, -0.1) is 0 Å². The monoisotopic (exact) mass is 221 g/mol. The van der Waals surface area contributed by atoms with Crippen LogP contribution in [0.2, 0.25) is 11.1 Å². The minimum absolute atomic E-state index is 0. The molecule has 0 radical (unpaired) electrons. The Kier molecular flexibility index (Phi) is 10.9. The predicted octanol–water partition coefficient (Wildman–Crippen LogP) is -0.690. The molecule has 0 heterocycles. The van der Waals surface area contributed by atoms with E-state index in [0.717, 1.165) is 5.32 Å². The van der Waals surface area contributed by atoms with Crippen LogP contribution in [0.25, 0.3) is 0 Å². The number of hydrogen-bond donors (Lipinski definition) is 2. The van der Waals surface area contributed by atoms with Gasteiger partial charge in [0.25, 0.3) is 0 Å². The standard InChI is InChI=1S/C5H11NO2Se.Na.H/c1-9-3-2-4(6)5(7)8;;/h4H,2-3,6H2,1H3,(H,7,8);;/t4-;;/m0../s1. The second-order valence-corrected chi connectivity index (χ2v) is 3.79. The van der Waals surface area contributed by atoms with Crippen LogP contribution in [0.1, 0.15) is 6.42 Å². The van der Waals surface area contributed by atoms with Crippen LogP contribution < -0.4 is 5.73 Å². The summed E-state index contributed by atoms with van der Waals surface area (Å²) in [4.78, 5) is 10.1. The Labute approximate surface area is 89.2 Å². The number of carboxylic acid groups (broad SMARTS) is 1. The summed E-state index contributed by atoms with van der Waals surface area (Å²) in [6.45, 7) is 0. The number of carbonyl (C=O) groups is 1. The fraction of sp³-hybridized carbons (Fsp3) is 0.800. The third-order valence-corrected chi connectivity index (χ3v) is 2.30. The molecule has 0 bridgehead atoms. The molecule has 10 heavy (non-hydrogen) atoms. The molecule has 5 heteroatoms. The van der Waals surface area contributed by atoms with Crippen LogP contribution in [-0.2, 0) is 4.79 Å². The van der Waals surface area contributed by atoms with Crippen molar-refractivity contribution in [2.75, 3.05) is 0 Å². The molecule has 3 nitrogen and oxygen atoms in total. The Hall–Kier alpha value is 0.949. The van der Waals surface area contributed by atoms with Crippen molar-refractivity contribution in [1.82, 2.24) is 0 Å². The summed E-state index contributed by atoms with van der Waals surface area (Å²) in [6.07, 6.45) is 0.617. The summed E-state index contributed by atoms with van der Waals surface area (Å²) in [5.41, 5.74) is 5.21. The zero-order chi connectivity index (χ0) is 7.28. The summed E-state index contributed by atoms with van der Waals surface area (Å²) in [5, 5.41) is 9.25. The van der Waals surface area contributed by atoms with Crippen LogP contribution in [0, 0.1) is 0 Å². The number of aliphatic carboxylic acids is 1. The van der Waals surface area contributed by atoms with Crippen molar-refractivity contribution in [3.63, 3.8) is 0 Å². The molecule has 0 fully saturated rings. The van der Waals surface area contributed by atoms with Crippen LogP contribution >= 0.6 is 0 Å². The topological polar surface area (TPSA) is 63.3 Å². The van der Waals surface area contributed by atoms with Gasteiger partial charge in [0.05, 0.1) is 0 Å².